The molecule has 0 radical (unpaired) electrons. The van der Waals surface area contributed by atoms with Gasteiger partial charge in [-0.05, 0) is 43.9 Å². The Labute approximate surface area is 168 Å². The molecule has 0 unspecified atom stereocenters. The first-order valence-electron chi connectivity index (χ1n) is 10.0. The molecule has 3 N–H and O–H groups in total. The van der Waals surface area contributed by atoms with Gasteiger partial charge in [0.15, 0.2) is 17.5 Å². The van der Waals surface area contributed by atoms with Crippen molar-refractivity contribution in [3.63, 3.8) is 0 Å². The summed E-state index contributed by atoms with van der Waals surface area (Å²) in [6.07, 6.45) is 4.74. The molecule has 0 atom stereocenters. The molecule has 2 rings (SSSR count). The molecule has 0 bridgehead atoms. The van der Waals surface area contributed by atoms with Crippen LogP contribution < -0.4 is 15.4 Å². The van der Waals surface area contributed by atoms with Crippen molar-refractivity contribution in [1.82, 2.24) is 15.5 Å². The first kappa shape index (κ1) is 21.9. The Morgan fingerprint density at radius 2 is 2.00 bits per heavy atom. The van der Waals surface area contributed by atoms with Crippen LogP contribution in [0, 0.1) is 5.41 Å². The largest absolute Gasteiger partial charge is 0.504 e. The quantitative estimate of drug-likeness (QED) is 0.468. The second kappa shape index (κ2) is 10.2. The molecule has 7 heteroatoms. The normalized spacial score (nSPS) is 15.9. The van der Waals surface area contributed by atoms with Crippen LogP contribution in [0.3, 0.4) is 0 Å². The maximum atomic E-state index is 12.7. The number of nitrogens with zero attached hydrogens (tertiary/aromatic N) is 2. The van der Waals surface area contributed by atoms with Gasteiger partial charge < -0.3 is 25.4 Å². The van der Waals surface area contributed by atoms with Gasteiger partial charge >= 0.3 is 0 Å². The number of carbonyl (C=O) groups is 1. The highest BCUT2D eigenvalue weighted by Crippen LogP contribution is 2.39. The Morgan fingerprint density at radius 1 is 1.29 bits per heavy atom. The summed E-state index contributed by atoms with van der Waals surface area (Å²) >= 11 is 0. The van der Waals surface area contributed by atoms with E-state index in [1.807, 2.05) is 33.2 Å². The average Bonchev–Trinajstić information content (AvgIpc) is 3.16. The van der Waals surface area contributed by atoms with Gasteiger partial charge in [0.05, 0.1) is 19.1 Å². The minimum Gasteiger partial charge on any atom is -0.504 e. The Hall–Kier alpha value is -2.44. The van der Waals surface area contributed by atoms with Gasteiger partial charge in [0, 0.05) is 27.2 Å². The van der Waals surface area contributed by atoms with E-state index in [9.17, 15) is 9.90 Å². The number of benzene rings is 1. The number of rotatable bonds is 8. The van der Waals surface area contributed by atoms with Crippen LogP contribution >= 0.6 is 0 Å². The van der Waals surface area contributed by atoms with E-state index in [2.05, 4.69) is 10.6 Å². The minimum atomic E-state index is -0.365. The molecule has 1 amide bonds. The van der Waals surface area contributed by atoms with Crippen molar-refractivity contribution in [3.05, 3.63) is 23.8 Å². The summed E-state index contributed by atoms with van der Waals surface area (Å²) in [4.78, 5) is 19.1. The lowest BCUT2D eigenvalue weighted by Crippen LogP contribution is -2.43. The summed E-state index contributed by atoms with van der Waals surface area (Å²) in [5.41, 5.74) is 0.698. The Balaban J connectivity index is 1.99. The van der Waals surface area contributed by atoms with E-state index in [1.165, 1.54) is 0 Å². The molecule has 0 spiro atoms. The van der Waals surface area contributed by atoms with Crippen LogP contribution in [0.25, 0.3) is 0 Å². The Bertz CT molecular complexity index is 682. The van der Waals surface area contributed by atoms with Gasteiger partial charge in [-0.2, -0.15) is 0 Å². The predicted octanol–water partition coefficient (Wildman–Crippen LogP) is 2.15. The van der Waals surface area contributed by atoms with Crippen LogP contribution in [-0.2, 0) is 11.2 Å². The summed E-state index contributed by atoms with van der Waals surface area (Å²) in [5.74, 6) is 1.52. The van der Waals surface area contributed by atoms with Gasteiger partial charge in [0.1, 0.15) is 0 Å². The maximum Gasteiger partial charge on any atom is 0.230 e. The van der Waals surface area contributed by atoms with Crippen LogP contribution in [0.5, 0.6) is 11.5 Å². The van der Waals surface area contributed by atoms with E-state index in [0.717, 1.165) is 50.2 Å². The Morgan fingerprint density at radius 3 is 2.61 bits per heavy atom. The van der Waals surface area contributed by atoms with Crippen LogP contribution in [0.2, 0.25) is 0 Å². The topological polar surface area (TPSA) is 86.2 Å². The number of hydrogen-bond acceptors (Lipinski definition) is 4. The van der Waals surface area contributed by atoms with Crippen molar-refractivity contribution in [2.24, 2.45) is 10.4 Å². The number of carbonyl (C=O) groups excluding carboxylic acids is 1. The lowest BCUT2D eigenvalue weighted by Gasteiger charge is -2.29. The summed E-state index contributed by atoms with van der Waals surface area (Å²) in [6, 6.07) is 5.36. The lowest BCUT2D eigenvalue weighted by molar-refractivity contribution is -0.138. The number of phenols is 1. The molecule has 1 aliphatic carbocycles. The third-order valence-corrected chi connectivity index (χ3v) is 5.25. The third kappa shape index (κ3) is 5.53. The third-order valence-electron chi connectivity index (χ3n) is 5.25. The molecule has 7 nitrogen and oxygen atoms in total. The van der Waals surface area contributed by atoms with Gasteiger partial charge in [-0.15, -0.1) is 0 Å². The van der Waals surface area contributed by atoms with Crippen LogP contribution in [0.1, 0.15) is 38.2 Å². The average molecular weight is 391 g/mol. The molecule has 1 aromatic rings. The molecule has 0 heterocycles. The number of aromatic hydroxyl groups is 1. The van der Waals surface area contributed by atoms with E-state index in [0.29, 0.717) is 18.8 Å². The van der Waals surface area contributed by atoms with Crippen molar-refractivity contribution < 1.29 is 14.6 Å². The van der Waals surface area contributed by atoms with E-state index in [4.69, 9.17) is 9.73 Å². The van der Waals surface area contributed by atoms with Crippen molar-refractivity contribution in [3.8, 4) is 11.5 Å². The first-order chi connectivity index (χ1) is 13.4. The van der Waals surface area contributed by atoms with E-state index < -0.39 is 0 Å². The fraction of sp³-hybridized carbons (Fsp3) is 0.619. The number of ether oxygens (including phenoxy) is 1. The van der Waals surface area contributed by atoms with Gasteiger partial charge in [0.25, 0.3) is 0 Å². The van der Waals surface area contributed by atoms with Crippen LogP contribution in [-0.4, -0.2) is 62.7 Å². The second-order valence-electron chi connectivity index (χ2n) is 7.57. The summed E-state index contributed by atoms with van der Waals surface area (Å²) in [6.45, 7) is 3.98. The van der Waals surface area contributed by atoms with Gasteiger partial charge in [-0.1, -0.05) is 18.9 Å². The number of aliphatic imine (C=N–C) groups is 1. The molecule has 28 heavy (non-hydrogen) atoms. The number of phenolic OH excluding ortho intramolecular Hbond substituents is 1. The molecular formula is C21H34N4O3. The Kier molecular flexibility index (Phi) is 7.96. The SMILES string of the molecule is CCNC(=NCC1(C(=O)N(C)C)CCCC1)NCCc1ccc(O)c(OC)c1. The molecule has 1 aromatic carbocycles. The summed E-state index contributed by atoms with van der Waals surface area (Å²) < 4.78 is 5.16. The summed E-state index contributed by atoms with van der Waals surface area (Å²) in [7, 11) is 5.18. The molecule has 0 aromatic heterocycles. The molecule has 0 saturated heterocycles. The predicted molar refractivity (Wildman–Crippen MR) is 112 cm³/mol. The second-order valence-corrected chi connectivity index (χ2v) is 7.57. The molecular weight excluding hydrogens is 356 g/mol. The van der Waals surface area contributed by atoms with E-state index in [1.54, 1.807) is 18.1 Å². The zero-order valence-electron chi connectivity index (χ0n) is 17.5. The monoisotopic (exact) mass is 390 g/mol. The highest BCUT2D eigenvalue weighted by atomic mass is 16.5. The summed E-state index contributed by atoms with van der Waals surface area (Å²) in [5, 5.41) is 16.3. The van der Waals surface area contributed by atoms with Gasteiger partial charge in [-0.25, -0.2) is 0 Å². The van der Waals surface area contributed by atoms with Crippen molar-refractivity contribution in [2.75, 3.05) is 40.8 Å². The lowest BCUT2D eigenvalue weighted by atomic mass is 9.85. The van der Waals surface area contributed by atoms with Crippen molar-refractivity contribution in [1.29, 1.82) is 0 Å². The van der Waals surface area contributed by atoms with E-state index >= 15 is 0 Å². The molecule has 1 aliphatic rings. The highest BCUT2D eigenvalue weighted by Gasteiger charge is 2.42. The van der Waals surface area contributed by atoms with Gasteiger partial charge in [-0.3, -0.25) is 9.79 Å². The van der Waals surface area contributed by atoms with Crippen molar-refractivity contribution in [2.45, 2.75) is 39.0 Å². The fourth-order valence-electron chi connectivity index (χ4n) is 3.74. The molecule has 1 fully saturated rings. The number of amides is 1. The number of nitrogens with one attached hydrogen (secondary N) is 2. The van der Waals surface area contributed by atoms with Crippen LogP contribution in [0.4, 0.5) is 0 Å². The molecule has 1 saturated carbocycles. The molecule has 0 aliphatic heterocycles. The maximum absolute atomic E-state index is 12.7. The van der Waals surface area contributed by atoms with Crippen molar-refractivity contribution >= 4 is 11.9 Å². The zero-order chi connectivity index (χ0) is 20.6. The fourth-order valence-corrected chi connectivity index (χ4v) is 3.74. The van der Waals surface area contributed by atoms with E-state index in [-0.39, 0.29) is 17.1 Å². The molecule has 156 valence electrons. The number of guanidine groups is 1. The number of methoxy groups -OCH3 is 1. The van der Waals surface area contributed by atoms with Crippen LogP contribution in [0.15, 0.2) is 23.2 Å². The zero-order valence-corrected chi connectivity index (χ0v) is 17.5. The smallest absolute Gasteiger partial charge is 0.230 e. The first-order valence-corrected chi connectivity index (χ1v) is 10.0. The van der Waals surface area contributed by atoms with Gasteiger partial charge in [0.2, 0.25) is 5.91 Å². The number of hydrogen-bond donors (Lipinski definition) is 3. The standard InChI is InChI=1S/C21H34N4O3/c1-5-22-20(23-13-10-16-8-9-17(26)18(14-16)28-4)24-15-21(11-6-7-12-21)19(27)25(2)3/h8-9,14,26H,5-7,10-13,15H2,1-4H3,(H2,22,23,24). The highest BCUT2D eigenvalue weighted by molar-refractivity contribution is 5.84. The minimum absolute atomic E-state index is 0.140.